The Kier molecular flexibility index (Phi) is 1.70. The second-order valence-electron chi connectivity index (χ2n) is 2.42. The van der Waals surface area contributed by atoms with Crippen molar-refractivity contribution in [2.45, 2.75) is 0 Å². The summed E-state index contributed by atoms with van der Waals surface area (Å²) in [6, 6.07) is 3.73. The molecule has 0 aliphatic carbocycles. The lowest BCUT2D eigenvalue weighted by atomic mass is 10.2. The highest BCUT2D eigenvalue weighted by Gasteiger charge is 2.09. The van der Waals surface area contributed by atoms with Gasteiger partial charge in [0.25, 0.3) is 0 Å². The van der Waals surface area contributed by atoms with Crippen molar-refractivity contribution in [1.29, 1.82) is 0 Å². The second kappa shape index (κ2) is 2.85. The summed E-state index contributed by atoms with van der Waals surface area (Å²) in [6.45, 7) is 0. The molecular weight excluding hydrogens is 175 g/mol. The summed E-state index contributed by atoms with van der Waals surface area (Å²) in [5.74, 6) is -0.552. The number of benzene rings is 1. The standard InChI is InChI=1S/C8H5FN2O2/c9-7-3-5(12)1-2-6(7)8-10-4-13-11-8/h1-4,12H. The minimum atomic E-state index is -0.582. The van der Waals surface area contributed by atoms with E-state index in [0.717, 1.165) is 12.5 Å². The van der Waals surface area contributed by atoms with Gasteiger partial charge in [0, 0.05) is 6.07 Å². The van der Waals surface area contributed by atoms with Crippen molar-refractivity contribution in [3.8, 4) is 17.1 Å². The van der Waals surface area contributed by atoms with Crippen molar-refractivity contribution in [2.75, 3.05) is 0 Å². The number of hydrogen-bond donors (Lipinski definition) is 1. The van der Waals surface area contributed by atoms with Crippen LogP contribution in [0, 0.1) is 5.82 Å². The van der Waals surface area contributed by atoms with Gasteiger partial charge >= 0.3 is 0 Å². The van der Waals surface area contributed by atoms with Gasteiger partial charge in [-0.25, -0.2) is 4.39 Å². The van der Waals surface area contributed by atoms with E-state index in [1.807, 2.05) is 0 Å². The van der Waals surface area contributed by atoms with E-state index in [1.54, 1.807) is 0 Å². The molecule has 0 aliphatic rings. The highest BCUT2D eigenvalue weighted by molar-refractivity contribution is 5.56. The van der Waals surface area contributed by atoms with E-state index >= 15 is 0 Å². The molecule has 0 bridgehead atoms. The molecule has 0 spiro atoms. The minimum Gasteiger partial charge on any atom is -0.508 e. The number of phenols is 1. The van der Waals surface area contributed by atoms with Crippen LogP contribution in [-0.4, -0.2) is 15.2 Å². The zero-order chi connectivity index (χ0) is 9.26. The molecule has 0 unspecified atom stereocenters. The van der Waals surface area contributed by atoms with Crippen LogP contribution in [-0.2, 0) is 0 Å². The Hall–Kier alpha value is -1.91. The highest BCUT2D eigenvalue weighted by atomic mass is 19.1. The molecule has 1 aromatic heterocycles. The van der Waals surface area contributed by atoms with Gasteiger partial charge in [0.2, 0.25) is 12.2 Å². The molecule has 0 fully saturated rings. The van der Waals surface area contributed by atoms with Crippen LogP contribution in [0.5, 0.6) is 5.75 Å². The molecule has 0 aliphatic heterocycles. The molecule has 5 heteroatoms. The van der Waals surface area contributed by atoms with E-state index in [4.69, 9.17) is 5.11 Å². The summed E-state index contributed by atoms with van der Waals surface area (Å²) in [5.41, 5.74) is 0.201. The number of aromatic nitrogens is 2. The molecule has 0 atom stereocenters. The fourth-order valence-corrected chi connectivity index (χ4v) is 0.975. The largest absolute Gasteiger partial charge is 0.508 e. The Bertz CT molecular complexity index is 414. The molecule has 0 radical (unpaired) electrons. The lowest BCUT2D eigenvalue weighted by Crippen LogP contribution is -1.85. The van der Waals surface area contributed by atoms with Gasteiger partial charge in [0.15, 0.2) is 0 Å². The molecule has 2 aromatic rings. The highest BCUT2D eigenvalue weighted by Crippen LogP contribution is 2.22. The number of hydrogen-bond acceptors (Lipinski definition) is 4. The van der Waals surface area contributed by atoms with Gasteiger partial charge in [-0.05, 0) is 12.1 Å². The fourth-order valence-electron chi connectivity index (χ4n) is 0.975. The molecule has 0 saturated heterocycles. The van der Waals surface area contributed by atoms with Gasteiger partial charge in [0.1, 0.15) is 11.6 Å². The van der Waals surface area contributed by atoms with E-state index in [2.05, 4.69) is 14.7 Å². The fraction of sp³-hybridized carbons (Fsp3) is 0. The third-order valence-corrected chi connectivity index (χ3v) is 1.55. The van der Waals surface area contributed by atoms with Crippen molar-refractivity contribution in [1.82, 2.24) is 10.1 Å². The van der Waals surface area contributed by atoms with Gasteiger partial charge in [-0.1, -0.05) is 5.16 Å². The monoisotopic (exact) mass is 180 g/mol. The molecule has 2 rings (SSSR count). The zero-order valence-corrected chi connectivity index (χ0v) is 6.44. The van der Waals surface area contributed by atoms with Crippen molar-refractivity contribution < 1.29 is 14.0 Å². The molecule has 1 heterocycles. The number of phenolic OH excluding ortho intramolecular Hbond substituents is 1. The Morgan fingerprint density at radius 1 is 1.38 bits per heavy atom. The maximum Gasteiger partial charge on any atom is 0.214 e. The smallest absolute Gasteiger partial charge is 0.214 e. The summed E-state index contributed by atoms with van der Waals surface area (Å²) in [5, 5.41) is 12.4. The lowest BCUT2D eigenvalue weighted by molar-refractivity contribution is 0.418. The van der Waals surface area contributed by atoms with Crippen LogP contribution in [0.15, 0.2) is 29.1 Å². The summed E-state index contributed by atoms with van der Waals surface area (Å²) in [6.07, 6.45) is 1.11. The van der Waals surface area contributed by atoms with E-state index < -0.39 is 5.82 Å². The van der Waals surface area contributed by atoms with E-state index in [1.165, 1.54) is 12.1 Å². The van der Waals surface area contributed by atoms with Crippen molar-refractivity contribution in [3.63, 3.8) is 0 Å². The van der Waals surface area contributed by atoms with Crippen LogP contribution in [0.3, 0.4) is 0 Å². The Morgan fingerprint density at radius 3 is 2.85 bits per heavy atom. The first kappa shape index (κ1) is 7.72. The number of aromatic hydroxyl groups is 1. The minimum absolute atomic E-state index is 0.134. The number of halogens is 1. The first-order valence-electron chi connectivity index (χ1n) is 3.52. The number of rotatable bonds is 1. The quantitative estimate of drug-likeness (QED) is 0.723. The molecule has 13 heavy (non-hydrogen) atoms. The van der Waals surface area contributed by atoms with Crippen LogP contribution in [0.2, 0.25) is 0 Å². The predicted octanol–water partition coefficient (Wildman–Crippen LogP) is 1.58. The summed E-state index contributed by atoms with van der Waals surface area (Å²) < 4.78 is 17.6. The van der Waals surface area contributed by atoms with Gasteiger partial charge < -0.3 is 9.63 Å². The molecule has 0 saturated carbocycles. The van der Waals surface area contributed by atoms with Crippen LogP contribution in [0.1, 0.15) is 0 Å². The molecule has 0 amide bonds. The summed E-state index contributed by atoms with van der Waals surface area (Å²) in [4.78, 5) is 3.68. The molecule has 4 nitrogen and oxygen atoms in total. The molecule has 66 valence electrons. The molecule has 1 aromatic carbocycles. The average Bonchev–Trinajstić information content (AvgIpc) is 2.56. The van der Waals surface area contributed by atoms with Crippen LogP contribution < -0.4 is 0 Å². The Labute approximate surface area is 72.6 Å². The topological polar surface area (TPSA) is 59.2 Å². The van der Waals surface area contributed by atoms with Crippen molar-refractivity contribution in [2.24, 2.45) is 0 Å². The Morgan fingerprint density at radius 2 is 2.23 bits per heavy atom. The molecule has 1 N–H and O–H groups in total. The maximum atomic E-state index is 13.1. The SMILES string of the molecule is Oc1ccc(-c2ncon2)c(F)c1. The maximum absolute atomic E-state index is 13.1. The predicted molar refractivity (Wildman–Crippen MR) is 41.4 cm³/mol. The number of nitrogens with zero attached hydrogens (tertiary/aromatic N) is 2. The van der Waals surface area contributed by atoms with Crippen molar-refractivity contribution in [3.05, 3.63) is 30.4 Å². The van der Waals surface area contributed by atoms with E-state index in [-0.39, 0.29) is 17.1 Å². The summed E-state index contributed by atoms with van der Waals surface area (Å²) in [7, 11) is 0. The third-order valence-electron chi connectivity index (χ3n) is 1.55. The second-order valence-corrected chi connectivity index (χ2v) is 2.42. The van der Waals surface area contributed by atoms with Crippen LogP contribution >= 0.6 is 0 Å². The first-order valence-corrected chi connectivity index (χ1v) is 3.52. The third kappa shape index (κ3) is 1.35. The van der Waals surface area contributed by atoms with Gasteiger partial charge in [-0.15, -0.1) is 0 Å². The van der Waals surface area contributed by atoms with Crippen molar-refractivity contribution >= 4 is 0 Å². The lowest BCUT2D eigenvalue weighted by Gasteiger charge is -1.97. The summed E-state index contributed by atoms with van der Waals surface area (Å²) >= 11 is 0. The van der Waals surface area contributed by atoms with Gasteiger partial charge in [-0.3, -0.25) is 0 Å². The van der Waals surface area contributed by atoms with Gasteiger partial charge in [0.05, 0.1) is 5.56 Å². The zero-order valence-electron chi connectivity index (χ0n) is 6.44. The van der Waals surface area contributed by atoms with Crippen LogP contribution in [0.25, 0.3) is 11.4 Å². The first-order chi connectivity index (χ1) is 6.27. The van der Waals surface area contributed by atoms with E-state index in [9.17, 15) is 4.39 Å². The Balaban J connectivity index is 2.53. The van der Waals surface area contributed by atoms with Gasteiger partial charge in [-0.2, -0.15) is 4.98 Å². The average molecular weight is 180 g/mol. The van der Waals surface area contributed by atoms with Crippen LogP contribution in [0.4, 0.5) is 4.39 Å². The molecular formula is C8H5FN2O2. The normalized spacial score (nSPS) is 10.2. The van der Waals surface area contributed by atoms with E-state index in [0.29, 0.717) is 0 Å².